The quantitative estimate of drug-likeness (QED) is 0.853. The number of thiazole rings is 1. The molecule has 0 aliphatic heterocycles. The van der Waals surface area contributed by atoms with Crippen LogP contribution in [0.4, 0.5) is 5.69 Å². The van der Waals surface area contributed by atoms with Gasteiger partial charge in [0.2, 0.25) is 0 Å². The zero-order valence-corrected chi connectivity index (χ0v) is 12.6. The molecule has 0 radical (unpaired) electrons. The van der Waals surface area contributed by atoms with Gasteiger partial charge in [-0.2, -0.15) is 0 Å². The summed E-state index contributed by atoms with van der Waals surface area (Å²) < 4.78 is 1.29. The summed E-state index contributed by atoms with van der Waals surface area (Å²) in [5, 5.41) is 4.84. The maximum atomic E-state index is 4.51. The van der Waals surface area contributed by atoms with Crippen LogP contribution in [0.5, 0.6) is 0 Å². The van der Waals surface area contributed by atoms with E-state index < -0.39 is 0 Å². The number of aromatic nitrogens is 1. The van der Waals surface area contributed by atoms with Crippen LogP contribution in [0.2, 0.25) is 0 Å². The van der Waals surface area contributed by atoms with Crippen molar-refractivity contribution in [3.05, 3.63) is 23.2 Å². The van der Waals surface area contributed by atoms with E-state index in [-0.39, 0.29) is 0 Å². The molecule has 1 unspecified atom stereocenters. The van der Waals surface area contributed by atoms with Gasteiger partial charge in [0.15, 0.2) is 0 Å². The van der Waals surface area contributed by atoms with Crippen molar-refractivity contribution in [2.75, 3.05) is 5.32 Å². The molecular formula is C16H22N2S. The summed E-state index contributed by atoms with van der Waals surface area (Å²) in [6, 6.07) is 7.13. The lowest BCUT2D eigenvalue weighted by Crippen LogP contribution is -2.27. The highest BCUT2D eigenvalue weighted by Crippen LogP contribution is 2.29. The van der Waals surface area contributed by atoms with Crippen LogP contribution in [-0.2, 0) is 0 Å². The third-order valence-corrected chi connectivity index (χ3v) is 5.18. The number of rotatable bonds is 3. The maximum Gasteiger partial charge on any atom is 0.0907 e. The van der Waals surface area contributed by atoms with E-state index in [1.165, 1.54) is 42.5 Å². The molecule has 1 aromatic carbocycles. The predicted molar refractivity (Wildman–Crippen MR) is 84.0 cm³/mol. The topological polar surface area (TPSA) is 24.9 Å². The Bertz CT molecular complexity index is 555. The smallest absolute Gasteiger partial charge is 0.0907 e. The molecule has 0 spiro atoms. The van der Waals surface area contributed by atoms with Crippen LogP contribution in [0.1, 0.15) is 44.0 Å². The van der Waals surface area contributed by atoms with Gasteiger partial charge in [-0.25, -0.2) is 4.98 Å². The van der Waals surface area contributed by atoms with Crippen molar-refractivity contribution >= 4 is 27.2 Å². The van der Waals surface area contributed by atoms with Gasteiger partial charge in [-0.15, -0.1) is 11.3 Å². The second-order valence-electron chi connectivity index (χ2n) is 5.75. The number of hydrogen-bond donors (Lipinski definition) is 1. The summed E-state index contributed by atoms with van der Waals surface area (Å²) in [5.41, 5.74) is 2.37. The monoisotopic (exact) mass is 274 g/mol. The van der Waals surface area contributed by atoms with Gasteiger partial charge in [-0.05, 0) is 50.8 Å². The van der Waals surface area contributed by atoms with Gasteiger partial charge in [0, 0.05) is 11.7 Å². The number of fused-ring (bicyclic) bond motifs is 1. The van der Waals surface area contributed by atoms with Crippen molar-refractivity contribution in [1.29, 1.82) is 0 Å². The average molecular weight is 274 g/mol. The molecule has 1 aromatic heterocycles. The second-order valence-corrected chi connectivity index (χ2v) is 6.98. The normalized spacial score (nSPS) is 18.6. The lowest BCUT2D eigenvalue weighted by atomic mass is 9.84. The van der Waals surface area contributed by atoms with E-state index in [1.54, 1.807) is 11.3 Å². The summed E-state index contributed by atoms with van der Waals surface area (Å²) in [5.74, 6) is 0.840. The van der Waals surface area contributed by atoms with Gasteiger partial charge < -0.3 is 5.32 Å². The van der Waals surface area contributed by atoms with Crippen LogP contribution >= 0.6 is 11.3 Å². The first-order valence-electron chi connectivity index (χ1n) is 7.36. The van der Waals surface area contributed by atoms with Gasteiger partial charge >= 0.3 is 0 Å². The molecule has 3 heteroatoms. The van der Waals surface area contributed by atoms with Gasteiger partial charge in [0.1, 0.15) is 0 Å². The first kappa shape index (κ1) is 12.9. The van der Waals surface area contributed by atoms with E-state index in [0.717, 1.165) is 16.4 Å². The molecule has 19 heavy (non-hydrogen) atoms. The number of aryl methyl sites for hydroxylation is 1. The van der Waals surface area contributed by atoms with Gasteiger partial charge in [0.05, 0.1) is 15.2 Å². The Balaban J connectivity index is 1.72. The van der Waals surface area contributed by atoms with Gasteiger partial charge in [-0.1, -0.05) is 19.3 Å². The molecule has 1 heterocycles. The Morgan fingerprint density at radius 1 is 1.26 bits per heavy atom. The van der Waals surface area contributed by atoms with E-state index >= 15 is 0 Å². The molecule has 3 rings (SSSR count). The molecule has 1 fully saturated rings. The fourth-order valence-corrected chi connectivity index (χ4v) is 4.01. The Kier molecular flexibility index (Phi) is 3.74. The number of nitrogens with zero attached hydrogens (tertiary/aromatic N) is 1. The summed E-state index contributed by atoms with van der Waals surface area (Å²) in [7, 11) is 0. The molecule has 1 atom stereocenters. The van der Waals surface area contributed by atoms with Crippen LogP contribution in [-0.4, -0.2) is 11.0 Å². The molecular weight excluding hydrogens is 252 g/mol. The molecule has 2 nitrogen and oxygen atoms in total. The molecule has 0 amide bonds. The Morgan fingerprint density at radius 2 is 2.05 bits per heavy atom. The number of hydrogen-bond acceptors (Lipinski definition) is 3. The fraction of sp³-hybridized carbons (Fsp3) is 0.562. The van der Waals surface area contributed by atoms with Gasteiger partial charge in [-0.3, -0.25) is 0 Å². The zero-order valence-electron chi connectivity index (χ0n) is 11.8. The second kappa shape index (κ2) is 5.49. The van der Waals surface area contributed by atoms with Crippen molar-refractivity contribution in [1.82, 2.24) is 4.98 Å². The number of benzene rings is 1. The number of anilines is 1. The van der Waals surface area contributed by atoms with E-state index in [4.69, 9.17) is 0 Å². The Morgan fingerprint density at radius 3 is 2.84 bits per heavy atom. The molecule has 0 saturated heterocycles. The zero-order chi connectivity index (χ0) is 13.2. The van der Waals surface area contributed by atoms with Gasteiger partial charge in [0.25, 0.3) is 0 Å². The van der Waals surface area contributed by atoms with Crippen LogP contribution in [0.25, 0.3) is 10.2 Å². The van der Waals surface area contributed by atoms with Crippen LogP contribution in [0.15, 0.2) is 18.2 Å². The standard InChI is InChI=1S/C16H22N2S/c1-11(13-6-4-3-5-7-13)17-14-8-9-15-16(10-14)19-12(2)18-15/h8-11,13,17H,3-7H2,1-2H3. The van der Waals surface area contributed by atoms with E-state index in [0.29, 0.717) is 6.04 Å². The lowest BCUT2D eigenvalue weighted by Gasteiger charge is -2.29. The first-order valence-corrected chi connectivity index (χ1v) is 8.18. The summed E-state index contributed by atoms with van der Waals surface area (Å²) in [6.45, 7) is 4.40. The Labute approximate surface area is 119 Å². The van der Waals surface area contributed by atoms with Crippen molar-refractivity contribution in [3.63, 3.8) is 0 Å². The molecule has 1 aliphatic rings. The molecule has 2 aromatic rings. The van der Waals surface area contributed by atoms with E-state index in [9.17, 15) is 0 Å². The minimum absolute atomic E-state index is 0.576. The fourth-order valence-electron chi connectivity index (χ4n) is 3.14. The summed E-state index contributed by atoms with van der Waals surface area (Å²) >= 11 is 1.78. The third kappa shape index (κ3) is 2.92. The molecule has 1 aliphatic carbocycles. The largest absolute Gasteiger partial charge is 0.382 e. The van der Waals surface area contributed by atoms with Crippen LogP contribution < -0.4 is 5.32 Å². The molecule has 1 N–H and O–H groups in total. The van der Waals surface area contributed by atoms with Crippen molar-refractivity contribution in [2.24, 2.45) is 5.92 Å². The minimum atomic E-state index is 0.576. The summed E-state index contributed by atoms with van der Waals surface area (Å²) in [4.78, 5) is 4.51. The maximum absolute atomic E-state index is 4.51. The highest BCUT2D eigenvalue weighted by atomic mass is 32.1. The van der Waals surface area contributed by atoms with Crippen LogP contribution in [0.3, 0.4) is 0 Å². The summed E-state index contributed by atoms with van der Waals surface area (Å²) in [6.07, 6.45) is 7.01. The SMILES string of the molecule is Cc1nc2ccc(NC(C)C3CCCCC3)cc2s1. The highest BCUT2D eigenvalue weighted by molar-refractivity contribution is 7.18. The molecule has 1 saturated carbocycles. The molecule has 102 valence electrons. The van der Waals surface area contributed by atoms with Crippen molar-refractivity contribution in [2.45, 2.75) is 52.0 Å². The minimum Gasteiger partial charge on any atom is -0.382 e. The lowest BCUT2D eigenvalue weighted by molar-refractivity contribution is 0.328. The van der Waals surface area contributed by atoms with Crippen molar-refractivity contribution in [3.8, 4) is 0 Å². The average Bonchev–Trinajstić information content (AvgIpc) is 2.79. The first-order chi connectivity index (χ1) is 9.22. The third-order valence-electron chi connectivity index (χ3n) is 4.25. The van der Waals surface area contributed by atoms with E-state index in [1.807, 2.05) is 0 Å². The predicted octanol–water partition coefficient (Wildman–Crippen LogP) is 4.99. The number of nitrogens with one attached hydrogen (secondary N) is 1. The van der Waals surface area contributed by atoms with Crippen molar-refractivity contribution < 1.29 is 0 Å². The van der Waals surface area contributed by atoms with Crippen LogP contribution in [0, 0.1) is 12.8 Å². The Hall–Kier alpha value is -1.09. The highest BCUT2D eigenvalue weighted by Gasteiger charge is 2.19. The molecule has 0 bridgehead atoms. The van der Waals surface area contributed by atoms with E-state index in [2.05, 4.69) is 42.3 Å².